The maximum Gasteiger partial charge on any atom is 0.271 e. The Morgan fingerprint density at radius 1 is 1.12 bits per heavy atom. The van der Waals surface area contributed by atoms with Crippen molar-refractivity contribution in [2.45, 2.75) is 0 Å². The van der Waals surface area contributed by atoms with E-state index < -0.39 is 0 Å². The van der Waals surface area contributed by atoms with E-state index in [2.05, 4.69) is 33.1 Å². The highest BCUT2D eigenvalue weighted by Gasteiger charge is 2.10. The van der Waals surface area contributed by atoms with E-state index in [1.54, 1.807) is 36.4 Å². The fourth-order valence-electron chi connectivity index (χ4n) is 2.11. The van der Waals surface area contributed by atoms with Gasteiger partial charge in [-0.2, -0.15) is 5.10 Å². The number of halogens is 3. The van der Waals surface area contributed by atoms with Gasteiger partial charge in [0.05, 0.1) is 16.3 Å². The van der Waals surface area contributed by atoms with Gasteiger partial charge in [0.15, 0.2) is 0 Å². The lowest BCUT2D eigenvalue weighted by molar-refractivity contribution is 0.0955. The van der Waals surface area contributed by atoms with E-state index in [0.29, 0.717) is 32.7 Å². The van der Waals surface area contributed by atoms with Crippen molar-refractivity contribution in [3.8, 4) is 11.3 Å². The third kappa shape index (κ3) is 4.42. The number of amides is 1. The number of carbonyl (C=O) groups excluding carboxylic acids is 1. The number of hydrogen-bond donors (Lipinski definition) is 1. The van der Waals surface area contributed by atoms with E-state index in [4.69, 9.17) is 27.6 Å². The van der Waals surface area contributed by atoms with Crippen molar-refractivity contribution in [1.82, 2.24) is 5.43 Å². The van der Waals surface area contributed by atoms with E-state index in [1.165, 1.54) is 6.21 Å². The highest BCUT2D eigenvalue weighted by Crippen LogP contribution is 2.34. The second kappa shape index (κ2) is 8.03. The zero-order valence-corrected chi connectivity index (χ0v) is 16.3. The second-order valence-corrected chi connectivity index (χ2v) is 7.04. The van der Waals surface area contributed by atoms with Gasteiger partial charge in [-0.1, -0.05) is 35.3 Å². The summed E-state index contributed by atoms with van der Waals surface area (Å²) in [6.07, 6.45) is 1.42. The summed E-state index contributed by atoms with van der Waals surface area (Å²) < 4.78 is 6.64. The Balaban J connectivity index is 1.70. The van der Waals surface area contributed by atoms with Crippen LogP contribution in [-0.4, -0.2) is 12.1 Å². The average molecular weight is 485 g/mol. The number of furan rings is 1. The van der Waals surface area contributed by atoms with Crippen LogP contribution >= 0.6 is 45.8 Å². The minimum Gasteiger partial charge on any atom is -0.455 e. The molecule has 7 heteroatoms. The van der Waals surface area contributed by atoms with Gasteiger partial charge in [0.25, 0.3) is 5.91 Å². The minimum absolute atomic E-state index is 0.292. The quantitative estimate of drug-likeness (QED) is 0.297. The summed E-state index contributed by atoms with van der Waals surface area (Å²) in [6, 6.07) is 16.0. The van der Waals surface area contributed by atoms with E-state index in [0.717, 1.165) is 3.57 Å². The molecule has 1 aromatic heterocycles. The third-order valence-corrected chi connectivity index (χ3v) is 4.78. The number of benzene rings is 2. The Bertz CT molecular complexity index is 954. The Morgan fingerprint density at radius 2 is 1.92 bits per heavy atom. The molecule has 1 amide bonds. The lowest BCUT2D eigenvalue weighted by Gasteiger charge is -2.02. The van der Waals surface area contributed by atoms with E-state index in [-0.39, 0.29) is 5.91 Å². The molecule has 0 saturated carbocycles. The normalized spacial score (nSPS) is 11.0. The molecule has 0 fully saturated rings. The van der Waals surface area contributed by atoms with Crippen LogP contribution in [-0.2, 0) is 0 Å². The second-order valence-electron chi connectivity index (χ2n) is 5.01. The molecule has 1 N–H and O–H groups in total. The summed E-state index contributed by atoms with van der Waals surface area (Å²) in [6.45, 7) is 0. The molecule has 0 aliphatic carbocycles. The van der Waals surface area contributed by atoms with Crippen LogP contribution in [0.1, 0.15) is 16.1 Å². The summed E-state index contributed by atoms with van der Waals surface area (Å²) in [5.41, 5.74) is 3.69. The van der Waals surface area contributed by atoms with Crippen molar-refractivity contribution in [2.75, 3.05) is 0 Å². The molecular weight excluding hydrogens is 474 g/mol. The number of carbonyl (C=O) groups is 1. The zero-order chi connectivity index (χ0) is 17.8. The van der Waals surface area contributed by atoms with Gasteiger partial charge < -0.3 is 4.42 Å². The van der Waals surface area contributed by atoms with Crippen molar-refractivity contribution in [2.24, 2.45) is 5.10 Å². The third-order valence-electron chi connectivity index (χ3n) is 3.29. The van der Waals surface area contributed by atoms with Gasteiger partial charge in [-0.25, -0.2) is 5.43 Å². The molecule has 126 valence electrons. The van der Waals surface area contributed by atoms with Crippen LogP contribution in [0.5, 0.6) is 0 Å². The molecule has 25 heavy (non-hydrogen) atoms. The highest BCUT2D eigenvalue weighted by atomic mass is 127. The van der Waals surface area contributed by atoms with E-state index in [1.807, 2.05) is 18.2 Å². The first-order chi connectivity index (χ1) is 12.0. The predicted molar refractivity (Wildman–Crippen MR) is 108 cm³/mol. The van der Waals surface area contributed by atoms with Crippen LogP contribution < -0.4 is 5.43 Å². The lowest BCUT2D eigenvalue weighted by atomic mass is 10.2. The molecule has 2 aromatic carbocycles. The van der Waals surface area contributed by atoms with Gasteiger partial charge in [-0.15, -0.1) is 0 Å². The minimum atomic E-state index is -0.292. The summed E-state index contributed by atoms with van der Waals surface area (Å²) in [5.74, 6) is 0.756. The fourth-order valence-corrected chi connectivity index (χ4v) is 3.05. The summed E-state index contributed by atoms with van der Waals surface area (Å²) in [7, 11) is 0. The highest BCUT2D eigenvalue weighted by molar-refractivity contribution is 14.1. The standard InChI is InChI=1S/C18H11Cl2IN2O2/c19-15-6-2-5-14(17(15)20)16-8-7-13(25-16)10-22-23-18(24)11-3-1-4-12(21)9-11/h1-10H,(H,23,24)/b22-10+. The van der Waals surface area contributed by atoms with E-state index in [9.17, 15) is 4.79 Å². The fraction of sp³-hybridized carbons (Fsp3) is 0. The molecule has 0 spiro atoms. The Labute approximate surface area is 168 Å². The molecule has 0 radical (unpaired) electrons. The van der Waals surface area contributed by atoms with Crippen LogP contribution in [0.2, 0.25) is 10.0 Å². The van der Waals surface area contributed by atoms with Crippen molar-refractivity contribution in [3.05, 3.63) is 79.5 Å². The van der Waals surface area contributed by atoms with Gasteiger partial charge in [0, 0.05) is 14.7 Å². The van der Waals surface area contributed by atoms with Gasteiger partial charge >= 0.3 is 0 Å². The summed E-state index contributed by atoms with van der Waals surface area (Å²) in [5, 5.41) is 4.79. The molecule has 1 heterocycles. The molecule has 0 unspecified atom stereocenters. The Kier molecular flexibility index (Phi) is 5.78. The Morgan fingerprint density at radius 3 is 2.72 bits per heavy atom. The van der Waals surface area contributed by atoms with Crippen molar-refractivity contribution in [3.63, 3.8) is 0 Å². The maximum absolute atomic E-state index is 12.0. The van der Waals surface area contributed by atoms with Gasteiger partial charge in [0.2, 0.25) is 0 Å². The predicted octanol–water partition coefficient (Wildman–Crippen LogP) is 5.62. The summed E-state index contributed by atoms with van der Waals surface area (Å²) in [4.78, 5) is 12.0. The van der Waals surface area contributed by atoms with Crippen LogP contribution in [0, 0.1) is 3.57 Å². The molecule has 0 atom stereocenters. The number of hydrogen-bond acceptors (Lipinski definition) is 3. The molecule has 3 rings (SSSR count). The summed E-state index contributed by atoms with van der Waals surface area (Å²) >= 11 is 14.3. The molecule has 0 aliphatic rings. The first kappa shape index (κ1) is 18.0. The monoisotopic (exact) mass is 484 g/mol. The van der Waals surface area contributed by atoms with Gasteiger partial charge in [0.1, 0.15) is 11.5 Å². The molecule has 4 nitrogen and oxygen atoms in total. The van der Waals surface area contributed by atoms with Crippen LogP contribution in [0.3, 0.4) is 0 Å². The zero-order valence-electron chi connectivity index (χ0n) is 12.7. The molecular formula is C18H11Cl2IN2O2. The first-order valence-electron chi connectivity index (χ1n) is 7.18. The van der Waals surface area contributed by atoms with Crippen molar-refractivity contribution < 1.29 is 9.21 Å². The average Bonchev–Trinajstić information content (AvgIpc) is 3.06. The lowest BCUT2D eigenvalue weighted by Crippen LogP contribution is -2.17. The largest absolute Gasteiger partial charge is 0.455 e. The number of rotatable bonds is 4. The molecule has 0 aliphatic heterocycles. The molecule has 3 aromatic rings. The van der Waals surface area contributed by atoms with Crippen LogP contribution in [0.15, 0.2) is 64.1 Å². The number of nitrogens with zero attached hydrogens (tertiary/aromatic N) is 1. The van der Waals surface area contributed by atoms with Crippen molar-refractivity contribution >= 4 is 57.9 Å². The number of hydrazone groups is 1. The smallest absolute Gasteiger partial charge is 0.271 e. The maximum atomic E-state index is 12.0. The van der Waals surface area contributed by atoms with Gasteiger partial charge in [-0.3, -0.25) is 4.79 Å². The van der Waals surface area contributed by atoms with Crippen molar-refractivity contribution in [1.29, 1.82) is 0 Å². The topological polar surface area (TPSA) is 54.6 Å². The number of nitrogens with one attached hydrogen (secondary N) is 1. The van der Waals surface area contributed by atoms with Crippen LogP contribution in [0.25, 0.3) is 11.3 Å². The Hall–Kier alpha value is -1.83. The first-order valence-corrected chi connectivity index (χ1v) is 9.01. The van der Waals surface area contributed by atoms with Gasteiger partial charge in [-0.05, 0) is 65.1 Å². The van der Waals surface area contributed by atoms with Crippen LogP contribution in [0.4, 0.5) is 0 Å². The SMILES string of the molecule is O=C(N/N=C/c1ccc(-c2cccc(Cl)c2Cl)o1)c1cccc(I)c1. The molecule has 0 saturated heterocycles. The van der Waals surface area contributed by atoms with E-state index >= 15 is 0 Å². The molecule has 0 bridgehead atoms.